The number of ether oxygens (including phenoxy) is 1. The fourth-order valence-corrected chi connectivity index (χ4v) is 6.78. The minimum Gasteiger partial charge on any atom is -0.474 e. The maximum Gasteiger partial charge on any atom is 0.225 e. The van der Waals surface area contributed by atoms with Crippen LogP contribution in [-0.4, -0.2) is 46.0 Å². The Hall–Kier alpha value is -1.73. The maximum absolute atomic E-state index is 11.5. The molecule has 6 nitrogen and oxygen atoms in total. The van der Waals surface area contributed by atoms with E-state index in [1.807, 2.05) is 0 Å². The molecular formula is C22H30N4O2S. The van der Waals surface area contributed by atoms with Crippen molar-refractivity contribution < 1.29 is 9.53 Å². The van der Waals surface area contributed by atoms with Crippen LogP contribution < -0.4 is 10.5 Å². The van der Waals surface area contributed by atoms with Gasteiger partial charge in [-0.2, -0.15) is 0 Å². The van der Waals surface area contributed by atoms with Gasteiger partial charge in [0.05, 0.1) is 5.39 Å². The lowest BCUT2D eigenvalue weighted by Crippen LogP contribution is -2.42. The van der Waals surface area contributed by atoms with Gasteiger partial charge in [-0.05, 0) is 75.9 Å². The van der Waals surface area contributed by atoms with Crippen molar-refractivity contribution in [1.82, 2.24) is 14.9 Å². The van der Waals surface area contributed by atoms with Crippen molar-refractivity contribution in [3.8, 4) is 5.88 Å². The van der Waals surface area contributed by atoms with Gasteiger partial charge in [-0.15, -0.1) is 11.3 Å². The Balaban J connectivity index is 1.32. The second kappa shape index (κ2) is 8.19. The molecule has 7 heteroatoms. The van der Waals surface area contributed by atoms with E-state index in [9.17, 15) is 4.79 Å². The molecule has 1 amide bonds. The Labute approximate surface area is 175 Å². The van der Waals surface area contributed by atoms with E-state index in [0.717, 1.165) is 41.9 Å². The van der Waals surface area contributed by atoms with E-state index in [1.165, 1.54) is 55.6 Å². The average molecular weight is 415 g/mol. The number of amides is 1. The summed E-state index contributed by atoms with van der Waals surface area (Å²) in [6, 6.07) is 0.728. The molecule has 0 bridgehead atoms. The third kappa shape index (κ3) is 3.87. The van der Waals surface area contributed by atoms with Crippen LogP contribution in [0.3, 0.4) is 0 Å². The molecule has 156 valence electrons. The molecular weight excluding hydrogens is 384 g/mol. The summed E-state index contributed by atoms with van der Waals surface area (Å²) in [5.74, 6) is 0.655. The molecule has 5 rings (SSSR count). The van der Waals surface area contributed by atoms with Crippen molar-refractivity contribution in [3.63, 3.8) is 0 Å². The summed E-state index contributed by atoms with van der Waals surface area (Å²) in [7, 11) is 0. The number of nitrogens with zero attached hydrogens (tertiary/aromatic N) is 3. The molecule has 1 atom stereocenters. The number of piperidine rings is 1. The van der Waals surface area contributed by atoms with Crippen LogP contribution >= 0.6 is 11.3 Å². The van der Waals surface area contributed by atoms with E-state index in [2.05, 4.69) is 14.9 Å². The van der Waals surface area contributed by atoms with Gasteiger partial charge in [-0.25, -0.2) is 9.97 Å². The molecule has 0 unspecified atom stereocenters. The van der Waals surface area contributed by atoms with Crippen molar-refractivity contribution in [2.45, 2.75) is 82.3 Å². The highest BCUT2D eigenvalue weighted by molar-refractivity contribution is 7.19. The fourth-order valence-electron chi connectivity index (χ4n) is 5.55. The highest BCUT2D eigenvalue weighted by Gasteiger charge is 2.32. The van der Waals surface area contributed by atoms with E-state index in [1.54, 1.807) is 17.7 Å². The Morgan fingerprint density at radius 3 is 2.69 bits per heavy atom. The molecule has 0 aromatic carbocycles. The summed E-state index contributed by atoms with van der Waals surface area (Å²) in [6.45, 7) is 2.54. The summed E-state index contributed by atoms with van der Waals surface area (Å²) in [6.07, 6.45) is 12.9. The van der Waals surface area contributed by atoms with Crippen LogP contribution in [0.15, 0.2) is 6.33 Å². The van der Waals surface area contributed by atoms with Crippen LogP contribution in [-0.2, 0) is 11.2 Å². The first-order valence-electron chi connectivity index (χ1n) is 11.1. The molecule has 2 aliphatic carbocycles. The van der Waals surface area contributed by atoms with Crippen molar-refractivity contribution >= 4 is 27.5 Å². The Kier molecular flexibility index (Phi) is 5.43. The molecule has 1 aliphatic heterocycles. The number of hydrogen-bond donors (Lipinski definition) is 1. The molecule has 1 saturated heterocycles. The number of likely N-dealkylation sites (tertiary alicyclic amines) is 1. The first-order chi connectivity index (χ1) is 14.2. The van der Waals surface area contributed by atoms with Crippen LogP contribution in [0.5, 0.6) is 5.88 Å². The number of carbonyl (C=O) groups is 1. The van der Waals surface area contributed by atoms with Gasteiger partial charge < -0.3 is 15.4 Å². The topological polar surface area (TPSA) is 81.3 Å². The highest BCUT2D eigenvalue weighted by Crippen LogP contribution is 2.47. The van der Waals surface area contributed by atoms with E-state index in [-0.39, 0.29) is 17.9 Å². The Morgan fingerprint density at radius 1 is 1.14 bits per heavy atom. The molecule has 2 aromatic rings. The summed E-state index contributed by atoms with van der Waals surface area (Å²) < 4.78 is 6.46. The molecule has 2 N–H and O–H groups in total. The van der Waals surface area contributed by atoms with Gasteiger partial charge in [0.15, 0.2) is 0 Å². The van der Waals surface area contributed by atoms with E-state index in [0.29, 0.717) is 12.3 Å². The van der Waals surface area contributed by atoms with E-state index < -0.39 is 0 Å². The summed E-state index contributed by atoms with van der Waals surface area (Å²) in [4.78, 5) is 25.6. The minimum absolute atomic E-state index is 0.180. The zero-order valence-electron chi connectivity index (χ0n) is 16.9. The standard InChI is InChI=1S/C22H30N4O2S/c23-18(27)12-14-4-9-17-19(14)20-21(24-13-25-22(20)29-17)28-16-7-5-15(6-8-16)26-10-2-1-3-11-26/h13-16H,1-12H2,(H2,23,27)/t14-,15?,16?/m1/s1. The van der Waals surface area contributed by atoms with Crippen LogP contribution in [0.4, 0.5) is 0 Å². The van der Waals surface area contributed by atoms with Gasteiger partial charge >= 0.3 is 0 Å². The van der Waals surface area contributed by atoms with Gasteiger partial charge in [0, 0.05) is 17.3 Å². The number of carbonyl (C=O) groups excluding carboxylic acids is 1. The molecule has 29 heavy (non-hydrogen) atoms. The molecule has 2 fully saturated rings. The van der Waals surface area contributed by atoms with Gasteiger partial charge in [-0.1, -0.05) is 6.42 Å². The zero-order chi connectivity index (χ0) is 19.8. The number of aromatic nitrogens is 2. The predicted molar refractivity (Wildman–Crippen MR) is 114 cm³/mol. The SMILES string of the molecule is NC(=O)C[C@H]1CCc2sc3ncnc(OC4CCC(N5CCCCC5)CC4)c3c21. The summed E-state index contributed by atoms with van der Waals surface area (Å²) in [5, 5.41) is 1.04. The van der Waals surface area contributed by atoms with Crippen molar-refractivity contribution in [2.75, 3.05) is 13.1 Å². The van der Waals surface area contributed by atoms with Crippen LogP contribution in [0.2, 0.25) is 0 Å². The minimum atomic E-state index is -0.238. The van der Waals surface area contributed by atoms with E-state index in [4.69, 9.17) is 10.5 Å². The lowest BCUT2D eigenvalue weighted by molar-refractivity contribution is -0.118. The zero-order valence-corrected chi connectivity index (χ0v) is 17.8. The predicted octanol–water partition coefficient (Wildman–Crippen LogP) is 3.77. The Morgan fingerprint density at radius 2 is 1.93 bits per heavy atom. The number of aryl methyl sites for hydroxylation is 1. The van der Waals surface area contributed by atoms with Gasteiger partial charge in [0.25, 0.3) is 0 Å². The third-order valence-corrected chi connectivity index (χ3v) is 8.15. The number of primary amides is 1. The van der Waals surface area contributed by atoms with Crippen LogP contribution in [0.1, 0.15) is 74.1 Å². The van der Waals surface area contributed by atoms with Gasteiger partial charge in [0.2, 0.25) is 11.8 Å². The van der Waals surface area contributed by atoms with Gasteiger partial charge in [-0.3, -0.25) is 4.79 Å². The lowest BCUT2D eigenvalue weighted by atomic mass is 9.90. The number of fused-ring (bicyclic) bond motifs is 3. The maximum atomic E-state index is 11.5. The Bertz CT molecular complexity index is 884. The van der Waals surface area contributed by atoms with Crippen molar-refractivity contribution in [3.05, 3.63) is 16.8 Å². The quantitative estimate of drug-likeness (QED) is 0.805. The molecule has 0 radical (unpaired) electrons. The van der Waals surface area contributed by atoms with Crippen molar-refractivity contribution in [2.24, 2.45) is 5.73 Å². The second-order valence-electron chi connectivity index (χ2n) is 8.85. The molecule has 3 heterocycles. The average Bonchev–Trinajstić information content (AvgIpc) is 3.29. The normalized spacial score (nSPS) is 27.8. The van der Waals surface area contributed by atoms with Crippen LogP contribution in [0, 0.1) is 0 Å². The first kappa shape index (κ1) is 19.2. The number of nitrogens with two attached hydrogens (primary N) is 1. The largest absolute Gasteiger partial charge is 0.474 e. The highest BCUT2D eigenvalue weighted by atomic mass is 32.1. The third-order valence-electron chi connectivity index (χ3n) is 6.97. The van der Waals surface area contributed by atoms with Crippen molar-refractivity contribution in [1.29, 1.82) is 0 Å². The van der Waals surface area contributed by atoms with E-state index >= 15 is 0 Å². The lowest BCUT2D eigenvalue weighted by Gasteiger charge is -2.38. The fraction of sp³-hybridized carbons (Fsp3) is 0.682. The molecule has 1 saturated carbocycles. The number of rotatable bonds is 5. The molecule has 3 aliphatic rings. The smallest absolute Gasteiger partial charge is 0.225 e. The summed E-state index contributed by atoms with van der Waals surface area (Å²) >= 11 is 1.72. The summed E-state index contributed by atoms with van der Waals surface area (Å²) in [5.41, 5.74) is 6.73. The van der Waals surface area contributed by atoms with Crippen LogP contribution in [0.25, 0.3) is 10.2 Å². The van der Waals surface area contributed by atoms with Gasteiger partial charge in [0.1, 0.15) is 17.3 Å². The molecule has 0 spiro atoms. The second-order valence-corrected chi connectivity index (χ2v) is 9.93. The number of thiophene rings is 1. The first-order valence-corrected chi connectivity index (χ1v) is 12.0. The molecule has 2 aromatic heterocycles. The number of hydrogen-bond acceptors (Lipinski definition) is 6. The monoisotopic (exact) mass is 414 g/mol.